The molecule has 1 N–H and O–H groups in total. The molecule has 29 heavy (non-hydrogen) atoms. The maximum absolute atomic E-state index is 13.1. The standard InChI is InChI=1S/C23H29N3O3/c1-5-25(19-12-8-10-17-9-6-7-11-18(17)19)20(27)15-26-21(28)23(4,24-22(26)29)14-13-16(2)3/h6-12,16H,5,13-15H2,1-4H3,(H,24,29)/t23-/m1/s1. The molecule has 1 heterocycles. The molecule has 4 amide bonds. The summed E-state index contributed by atoms with van der Waals surface area (Å²) < 4.78 is 0. The van der Waals surface area contributed by atoms with Crippen LogP contribution in [0.25, 0.3) is 10.8 Å². The van der Waals surface area contributed by atoms with Gasteiger partial charge in [-0.25, -0.2) is 4.79 Å². The van der Waals surface area contributed by atoms with Crippen LogP contribution in [0.3, 0.4) is 0 Å². The average molecular weight is 396 g/mol. The summed E-state index contributed by atoms with van der Waals surface area (Å²) in [5.74, 6) is -0.180. The average Bonchev–Trinajstić information content (AvgIpc) is 2.91. The molecular formula is C23H29N3O3. The Morgan fingerprint density at radius 3 is 2.52 bits per heavy atom. The molecule has 1 saturated heterocycles. The first kappa shape index (κ1) is 20.8. The summed E-state index contributed by atoms with van der Waals surface area (Å²) in [7, 11) is 0. The first-order valence-electron chi connectivity index (χ1n) is 10.2. The lowest BCUT2D eigenvalue weighted by molar-refractivity contribution is -0.134. The van der Waals surface area contributed by atoms with Gasteiger partial charge in [-0.3, -0.25) is 14.5 Å². The van der Waals surface area contributed by atoms with Gasteiger partial charge in [0.15, 0.2) is 0 Å². The molecular weight excluding hydrogens is 366 g/mol. The SMILES string of the molecule is CCN(C(=O)CN1C(=O)N[C@](C)(CCC(C)C)C1=O)c1cccc2ccccc12. The van der Waals surface area contributed by atoms with Gasteiger partial charge in [-0.15, -0.1) is 0 Å². The number of hydrogen-bond donors (Lipinski definition) is 1. The number of benzene rings is 2. The number of likely N-dealkylation sites (N-methyl/N-ethyl adjacent to an activating group) is 1. The Hall–Kier alpha value is -2.89. The van der Waals surface area contributed by atoms with Crippen molar-refractivity contribution in [2.24, 2.45) is 5.92 Å². The Kier molecular flexibility index (Phi) is 5.91. The summed E-state index contributed by atoms with van der Waals surface area (Å²) >= 11 is 0. The van der Waals surface area contributed by atoms with Gasteiger partial charge in [0, 0.05) is 11.9 Å². The van der Waals surface area contributed by atoms with Gasteiger partial charge < -0.3 is 10.2 Å². The second kappa shape index (κ2) is 8.23. The number of carbonyl (C=O) groups is 3. The minimum atomic E-state index is -0.946. The number of carbonyl (C=O) groups excluding carboxylic acids is 3. The summed E-state index contributed by atoms with van der Waals surface area (Å²) in [6.07, 6.45) is 1.38. The highest BCUT2D eigenvalue weighted by atomic mass is 16.2. The normalized spacial score (nSPS) is 19.1. The van der Waals surface area contributed by atoms with Crippen molar-refractivity contribution in [1.82, 2.24) is 10.2 Å². The smallest absolute Gasteiger partial charge is 0.323 e. The van der Waals surface area contributed by atoms with Crippen molar-refractivity contribution in [3.05, 3.63) is 42.5 Å². The molecule has 1 fully saturated rings. The summed E-state index contributed by atoms with van der Waals surface area (Å²) in [6.45, 7) is 7.96. The van der Waals surface area contributed by atoms with E-state index in [-0.39, 0.29) is 18.4 Å². The van der Waals surface area contributed by atoms with Crippen molar-refractivity contribution in [3.8, 4) is 0 Å². The number of amides is 4. The molecule has 1 aliphatic heterocycles. The molecule has 0 aliphatic carbocycles. The minimum Gasteiger partial charge on any atom is -0.323 e. The number of anilines is 1. The fourth-order valence-electron chi connectivity index (χ4n) is 3.78. The van der Waals surface area contributed by atoms with E-state index in [2.05, 4.69) is 19.2 Å². The van der Waals surface area contributed by atoms with Crippen LogP contribution in [-0.4, -0.2) is 41.4 Å². The molecule has 0 bridgehead atoms. The predicted molar refractivity (Wildman–Crippen MR) is 115 cm³/mol. The van der Waals surface area contributed by atoms with E-state index in [9.17, 15) is 14.4 Å². The third kappa shape index (κ3) is 4.11. The predicted octanol–water partition coefficient (Wildman–Crippen LogP) is 3.94. The topological polar surface area (TPSA) is 69.7 Å². The minimum absolute atomic E-state index is 0.265. The lowest BCUT2D eigenvalue weighted by Gasteiger charge is -2.25. The van der Waals surface area contributed by atoms with Gasteiger partial charge in [0.1, 0.15) is 12.1 Å². The first-order chi connectivity index (χ1) is 13.8. The number of fused-ring (bicyclic) bond motifs is 1. The molecule has 1 atom stereocenters. The van der Waals surface area contributed by atoms with Gasteiger partial charge >= 0.3 is 6.03 Å². The van der Waals surface area contributed by atoms with Crippen LogP contribution >= 0.6 is 0 Å². The van der Waals surface area contributed by atoms with E-state index in [4.69, 9.17) is 0 Å². The molecule has 3 rings (SSSR count). The Morgan fingerprint density at radius 1 is 1.14 bits per heavy atom. The Labute approximate surface area is 171 Å². The molecule has 0 spiro atoms. The van der Waals surface area contributed by atoms with E-state index >= 15 is 0 Å². The largest absolute Gasteiger partial charge is 0.325 e. The second-order valence-corrected chi connectivity index (χ2v) is 8.22. The van der Waals surface area contributed by atoms with Gasteiger partial charge in [-0.1, -0.05) is 50.2 Å². The number of nitrogens with zero attached hydrogens (tertiary/aromatic N) is 2. The highest BCUT2D eigenvalue weighted by Gasteiger charge is 2.48. The molecule has 0 radical (unpaired) electrons. The van der Waals surface area contributed by atoms with E-state index < -0.39 is 11.6 Å². The van der Waals surface area contributed by atoms with Crippen molar-refractivity contribution >= 4 is 34.3 Å². The van der Waals surface area contributed by atoms with Gasteiger partial charge in [0.2, 0.25) is 5.91 Å². The van der Waals surface area contributed by atoms with E-state index in [1.54, 1.807) is 11.8 Å². The van der Waals surface area contributed by atoms with Crippen molar-refractivity contribution in [3.63, 3.8) is 0 Å². The lowest BCUT2D eigenvalue weighted by Crippen LogP contribution is -2.46. The zero-order valence-corrected chi connectivity index (χ0v) is 17.6. The van der Waals surface area contributed by atoms with Gasteiger partial charge in [-0.2, -0.15) is 0 Å². The van der Waals surface area contributed by atoms with Crippen molar-refractivity contribution < 1.29 is 14.4 Å². The molecule has 0 unspecified atom stereocenters. The Balaban J connectivity index is 1.81. The third-order valence-electron chi connectivity index (χ3n) is 5.53. The molecule has 2 aromatic carbocycles. The molecule has 6 heteroatoms. The Morgan fingerprint density at radius 2 is 1.83 bits per heavy atom. The lowest BCUT2D eigenvalue weighted by atomic mass is 9.92. The maximum Gasteiger partial charge on any atom is 0.325 e. The fraction of sp³-hybridized carbons (Fsp3) is 0.435. The molecule has 2 aromatic rings. The van der Waals surface area contributed by atoms with Crippen LogP contribution in [0, 0.1) is 5.92 Å². The number of imide groups is 1. The van der Waals surface area contributed by atoms with Crippen molar-refractivity contribution in [1.29, 1.82) is 0 Å². The van der Waals surface area contributed by atoms with Crippen LogP contribution in [0.1, 0.15) is 40.5 Å². The van der Waals surface area contributed by atoms with E-state index in [0.29, 0.717) is 18.9 Å². The van der Waals surface area contributed by atoms with Crippen LogP contribution in [0.4, 0.5) is 10.5 Å². The van der Waals surface area contributed by atoms with E-state index in [0.717, 1.165) is 27.8 Å². The highest BCUT2D eigenvalue weighted by Crippen LogP contribution is 2.28. The number of urea groups is 1. The zero-order valence-electron chi connectivity index (χ0n) is 17.6. The molecule has 1 aliphatic rings. The van der Waals surface area contributed by atoms with E-state index in [1.165, 1.54) is 0 Å². The number of hydrogen-bond acceptors (Lipinski definition) is 3. The molecule has 154 valence electrons. The van der Waals surface area contributed by atoms with Gasteiger partial charge in [-0.05, 0) is 44.1 Å². The van der Waals surface area contributed by atoms with Crippen LogP contribution in [0.2, 0.25) is 0 Å². The molecule has 6 nitrogen and oxygen atoms in total. The quantitative estimate of drug-likeness (QED) is 0.722. The summed E-state index contributed by atoms with van der Waals surface area (Å²) in [5, 5.41) is 4.78. The van der Waals surface area contributed by atoms with Crippen LogP contribution in [0.5, 0.6) is 0 Å². The van der Waals surface area contributed by atoms with Gasteiger partial charge in [0.05, 0.1) is 5.69 Å². The van der Waals surface area contributed by atoms with Crippen LogP contribution < -0.4 is 10.2 Å². The maximum atomic E-state index is 13.1. The summed E-state index contributed by atoms with van der Waals surface area (Å²) in [4.78, 5) is 41.2. The van der Waals surface area contributed by atoms with Crippen molar-refractivity contribution in [2.75, 3.05) is 18.0 Å². The Bertz CT molecular complexity index is 935. The van der Waals surface area contributed by atoms with Crippen molar-refractivity contribution in [2.45, 2.75) is 46.1 Å². The third-order valence-corrected chi connectivity index (χ3v) is 5.53. The van der Waals surface area contributed by atoms with Crippen LogP contribution in [-0.2, 0) is 9.59 Å². The number of rotatable bonds is 7. The monoisotopic (exact) mass is 395 g/mol. The fourth-order valence-corrected chi connectivity index (χ4v) is 3.78. The first-order valence-corrected chi connectivity index (χ1v) is 10.2. The summed E-state index contributed by atoms with van der Waals surface area (Å²) in [5.41, 5.74) is -0.164. The second-order valence-electron chi connectivity index (χ2n) is 8.22. The van der Waals surface area contributed by atoms with Gasteiger partial charge in [0.25, 0.3) is 5.91 Å². The molecule has 0 saturated carbocycles. The zero-order chi connectivity index (χ0) is 21.2. The highest BCUT2D eigenvalue weighted by molar-refractivity contribution is 6.11. The summed E-state index contributed by atoms with van der Waals surface area (Å²) in [6, 6.07) is 13.1. The molecule has 0 aromatic heterocycles. The van der Waals surface area contributed by atoms with Crippen LogP contribution in [0.15, 0.2) is 42.5 Å². The number of nitrogens with one attached hydrogen (secondary N) is 1. The van der Waals surface area contributed by atoms with E-state index in [1.807, 2.05) is 49.4 Å².